The summed E-state index contributed by atoms with van der Waals surface area (Å²) in [6.45, 7) is 3.07. The normalized spacial score (nSPS) is 18.8. The largest absolute Gasteiger partial charge is 0.326 e. The Kier molecular flexibility index (Phi) is 5.54. The van der Waals surface area contributed by atoms with E-state index >= 15 is 0 Å². The van der Waals surface area contributed by atoms with Crippen molar-refractivity contribution < 1.29 is 8.42 Å². The molecule has 2 aromatic rings. The van der Waals surface area contributed by atoms with Crippen molar-refractivity contribution in [3.8, 4) is 0 Å². The van der Waals surface area contributed by atoms with Gasteiger partial charge in [0.15, 0.2) is 0 Å². The van der Waals surface area contributed by atoms with Gasteiger partial charge in [-0.25, -0.2) is 8.42 Å². The van der Waals surface area contributed by atoms with Crippen molar-refractivity contribution in [2.75, 3.05) is 20.1 Å². The molecule has 0 saturated carbocycles. The maximum absolute atomic E-state index is 12.7. The number of nitrogens with zero attached hydrogens (tertiary/aromatic N) is 2. The lowest BCUT2D eigenvalue weighted by atomic mass is 10.2. The molecule has 25 heavy (non-hydrogen) atoms. The number of hydrogen-bond acceptors (Lipinski definition) is 4. The average molecular weight is 359 g/mol. The van der Waals surface area contributed by atoms with Crippen LogP contribution in [0.2, 0.25) is 0 Å². The molecule has 1 heterocycles. The van der Waals surface area contributed by atoms with Crippen LogP contribution in [-0.4, -0.2) is 43.8 Å². The molecule has 1 aliphatic rings. The molecule has 1 aliphatic heterocycles. The minimum absolute atomic E-state index is 0.256. The third-order valence-corrected chi connectivity index (χ3v) is 6.41. The summed E-state index contributed by atoms with van der Waals surface area (Å²) in [6, 6.07) is 17.0. The molecule has 134 valence electrons. The van der Waals surface area contributed by atoms with Crippen LogP contribution >= 0.6 is 0 Å². The first-order valence-corrected chi connectivity index (χ1v) is 9.96. The molecule has 0 aliphatic carbocycles. The summed E-state index contributed by atoms with van der Waals surface area (Å²) in [7, 11) is -1.88. The van der Waals surface area contributed by atoms with Gasteiger partial charge in [0.2, 0.25) is 10.0 Å². The SMILES string of the molecule is CN(Cc1ccccc1)S(=O)(=O)c1ccc(CN2CCC(N)C2)cc1. The van der Waals surface area contributed by atoms with Crippen LogP contribution in [0, 0.1) is 0 Å². The van der Waals surface area contributed by atoms with Crippen molar-refractivity contribution in [1.29, 1.82) is 0 Å². The van der Waals surface area contributed by atoms with E-state index < -0.39 is 10.0 Å². The maximum atomic E-state index is 12.7. The van der Waals surface area contributed by atoms with E-state index in [0.717, 1.165) is 37.2 Å². The fraction of sp³-hybridized carbons (Fsp3) is 0.368. The third-order valence-electron chi connectivity index (χ3n) is 4.59. The molecule has 5 nitrogen and oxygen atoms in total. The number of nitrogens with two attached hydrogens (primary N) is 1. The lowest BCUT2D eigenvalue weighted by Crippen LogP contribution is -2.27. The predicted octanol–water partition coefficient (Wildman–Crippen LogP) is 2.04. The molecule has 0 radical (unpaired) electrons. The number of likely N-dealkylation sites (tertiary alicyclic amines) is 1. The van der Waals surface area contributed by atoms with Crippen molar-refractivity contribution in [2.24, 2.45) is 5.73 Å². The van der Waals surface area contributed by atoms with Gasteiger partial charge in [0.05, 0.1) is 4.90 Å². The minimum atomic E-state index is -3.49. The molecular weight excluding hydrogens is 334 g/mol. The van der Waals surface area contributed by atoms with Gasteiger partial charge in [0.1, 0.15) is 0 Å². The van der Waals surface area contributed by atoms with E-state index in [9.17, 15) is 8.42 Å². The van der Waals surface area contributed by atoms with Crippen LogP contribution in [-0.2, 0) is 23.1 Å². The van der Waals surface area contributed by atoms with Gasteiger partial charge < -0.3 is 5.73 Å². The van der Waals surface area contributed by atoms with Gasteiger partial charge in [-0.3, -0.25) is 4.90 Å². The lowest BCUT2D eigenvalue weighted by molar-refractivity contribution is 0.327. The van der Waals surface area contributed by atoms with Gasteiger partial charge >= 0.3 is 0 Å². The summed E-state index contributed by atoms with van der Waals surface area (Å²) in [5, 5.41) is 0. The fourth-order valence-electron chi connectivity index (χ4n) is 3.14. The summed E-state index contributed by atoms with van der Waals surface area (Å²) in [5.74, 6) is 0. The number of sulfonamides is 1. The topological polar surface area (TPSA) is 66.6 Å². The molecule has 1 saturated heterocycles. The number of benzene rings is 2. The summed E-state index contributed by atoms with van der Waals surface area (Å²) in [5.41, 5.74) is 8.01. The zero-order valence-electron chi connectivity index (χ0n) is 14.5. The highest BCUT2D eigenvalue weighted by atomic mass is 32.2. The van der Waals surface area contributed by atoms with Gasteiger partial charge in [-0.15, -0.1) is 0 Å². The summed E-state index contributed by atoms with van der Waals surface area (Å²) in [6.07, 6.45) is 1.02. The van der Waals surface area contributed by atoms with Crippen LogP contribution in [0.25, 0.3) is 0 Å². The highest BCUT2D eigenvalue weighted by molar-refractivity contribution is 7.89. The molecule has 1 atom stereocenters. The molecule has 2 N–H and O–H groups in total. The van der Waals surface area contributed by atoms with Crippen LogP contribution in [0.3, 0.4) is 0 Å². The van der Waals surface area contributed by atoms with Gasteiger partial charge in [-0.05, 0) is 29.7 Å². The van der Waals surface area contributed by atoms with E-state index in [4.69, 9.17) is 5.73 Å². The van der Waals surface area contributed by atoms with Gasteiger partial charge in [-0.2, -0.15) is 4.31 Å². The molecule has 0 aromatic heterocycles. The Balaban J connectivity index is 1.67. The lowest BCUT2D eigenvalue weighted by Gasteiger charge is -2.18. The molecule has 3 rings (SSSR count). The van der Waals surface area contributed by atoms with E-state index in [2.05, 4.69) is 4.90 Å². The fourth-order valence-corrected chi connectivity index (χ4v) is 4.30. The highest BCUT2D eigenvalue weighted by Gasteiger charge is 2.22. The van der Waals surface area contributed by atoms with E-state index in [1.54, 1.807) is 19.2 Å². The van der Waals surface area contributed by atoms with E-state index in [1.165, 1.54) is 4.31 Å². The Labute approximate surface area is 150 Å². The van der Waals surface area contributed by atoms with Crippen LogP contribution < -0.4 is 5.73 Å². The molecule has 1 unspecified atom stereocenters. The van der Waals surface area contributed by atoms with Crippen molar-refractivity contribution in [3.63, 3.8) is 0 Å². The van der Waals surface area contributed by atoms with Crippen LogP contribution in [0.15, 0.2) is 59.5 Å². The second-order valence-electron chi connectivity index (χ2n) is 6.67. The number of hydrogen-bond donors (Lipinski definition) is 1. The quantitative estimate of drug-likeness (QED) is 0.857. The Hall–Kier alpha value is -1.73. The van der Waals surface area contributed by atoms with Crippen LogP contribution in [0.4, 0.5) is 0 Å². The van der Waals surface area contributed by atoms with E-state index in [0.29, 0.717) is 11.4 Å². The van der Waals surface area contributed by atoms with Gasteiger partial charge in [0, 0.05) is 39.3 Å². The molecule has 0 bridgehead atoms. The first-order chi connectivity index (χ1) is 11.9. The first-order valence-electron chi connectivity index (χ1n) is 8.52. The zero-order valence-corrected chi connectivity index (χ0v) is 15.3. The van der Waals surface area contributed by atoms with Crippen molar-refractivity contribution in [3.05, 3.63) is 65.7 Å². The standard InChI is InChI=1S/C19H25N3O2S/c1-21(13-16-5-3-2-4-6-16)25(23,24)19-9-7-17(8-10-19)14-22-12-11-18(20)15-22/h2-10,18H,11-15,20H2,1H3. The second kappa shape index (κ2) is 7.66. The average Bonchev–Trinajstić information content (AvgIpc) is 3.01. The molecule has 0 spiro atoms. The zero-order chi connectivity index (χ0) is 17.9. The van der Waals surface area contributed by atoms with Crippen molar-refractivity contribution in [2.45, 2.75) is 30.4 Å². The first kappa shape index (κ1) is 18.1. The molecular formula is C19H25N3O2S. The van der Waals surface area contributed by atoms with E-state index in [1.807, 2.05) is 42.5 Å². The molecule has 6 heteroatoms. The van der Waals surface area contributed by atoms with Gasteiger partial charge in [0.25, 0.3) is 0 Å². The van der Waals surface area contributed by atoms with E-state index in [-0.39, 0.29) is 6.04 Å². The number of rotatable bonds is 6. The Morgan fingerprint density at radius 3 is 2.36 bits per heavy atom. The Morgan fingerprint density at radius 1 is 1.08 bits per heavy atom. The second-order valence-corrected chi connectivity index (χ2v) is 8.72. The van der Waals surface area contributed by atoms with Gasteiger partial charge in [-0.1, -0.05) is 42.5 Å². The van der Waals surface area contributed by atoms with Crippen molar-refractivity contribution in [1.82, 2.24) is 9.21 Å². The van der Waals surface area contributed by atoms with Crippen LogP contribution in [0.1, 0.15) is 17.5 Å². The molecule has 0 amide bonds. The monoisotopic (exact) mass is 359 g/mol. The maximum Gasteiger partial charge on any atom is 0.243 e. The summed E-state index contributed by atoms with van der Waals surface area (Å²) < 4.78 is 26.9. The smallest absolute Gasteiger partial charge is 0.243 e. The molecule has 2 aromatic carbocycles. The third kappa shape index (κ3) is 4.46. The Bertz CT molecular complexity index is 791. The van der Waals surface area contributed by atoms with Crippen LogP contribution in [0.5, 0.6) is 0 Å². The highest BCUT2D eigenvalue weighted by Crippen LogP contribution is 2.19. The summed E-state index contributed by atoms with van der Waals surface area (Å²) >= 11 is 0. The summed E-state index contributed by atoms with van der Waals surface area (Å²) in [4.78, 5) is 2.63. The van der Waals surface area contributed by atoms with Crippen molar-refractivity contribution >= 4 is 10.0 Å². The predicted molar refractivity (Wildman–Crippen MR) is 99.4 cm³/mol. The molecule has 1 fully saturated rings. The minimum Gasteiger partial charge on any atom is -0.326 e. The Morgan fingerprint density at radius 2 is 1.76 bits per heavy atom.